The summed E-state index contributed by atoms with van der Waals surface area (Å²) < 4.78 is 8.72. The van der Waals surface area contributed by atoms with E-state index < -0.39 is 0 Å². The maximum absolute atomic E-state index is 6.55. The first-order valence-electron chi connectivity index (χ1n) is 15.8. The summed E-state index contributed by atoms with van der Waals surface area (Å²) in [5.41, 5.74) is 8.74. The normalized spacial score (nSPS) is 11.8. The quantitative estimate of drug-likeness (QED) is 0.196. The van der Waals surface area contributed by atoms with Gasteiger partial charge in [-0.05, 0) is 36.4 Å². The van der Waals surface area contributed by atoms with Gasteiger partial charge in [-0.15, -0.1) is 0 Å². The van der Waals surface area contributed by atoms with Crippen LogP contribution in [0.5, 0.6) is 0 Å². The predicted molar refractivity (Wildman–Crippen MR) is 190 cm³/mol. The molecule has 224 valence electrons. The maximum atomic E-state index is 6.55. The lowest BCUT2D eigenvalue weighted by molar-refractivity contribution is 0.669. The number of benzene rings is 6. The summed E-state index contributed by atoms with van der Waals surface area (Å²) in [6, 6.07) is 48.6. The molecule has 7 heteroatoms. The topological polar surface area (TPSA) is 82.0 Å². The number of aromatic nitrogens is 6. The number of hydrogen-bond donors (Lipinski definition) is 0. The van der Waals surface area contributed by atoms with E-state index in [9.17, 15) is 0 Å². The lowest BCUT2D eigenvalue weighted by Crippen LogP contribution is -2.00. The Morgan fingerprint density at radius 2 is 0.979 bits per heavy atom. The molecule has 0 N–H and O–H groups in total. The highest BCUT2D eigenvalue weighted by Crippen LogP contribution is 2.42. The molecule has 0 unspecified atom stereocenters. The molecule has 4 heterocycles. The van der Waals surface area contributed by atoms with Crippen molar-refractivity contribution in [2.75, 3.05) is 0 Å². The number of imidazole rings is 1. The summed E-state index contributed by atoms with van der Waals surface area (Å²) in [6.07, 6.45) is 0. The molecule has 7 nitrogen and oxygen atoms in total. The van der Waals surface area contributed by atoms with Crippen LogP contribution in [0.15, 0.2) is 150 Å². The summed E-state index contributed by atoms with van der Waals surface area (Å²) in [4.78, 5) is 25.4. The van der Waals surface area contributed by atoms with Crippen LogP contribution < -0.4 is 0 Å². The lowest BCUT2D eigenvalue weighted by atomic mass is 10.0. The Morgan fingerprint density at radius 3 is 1.69 bits per heavy atom. The molecule has 0 fully saturated rings. The molecule has 0 aliphatic heterocycles. The molecular weight excluding hydrogens is 592 g/mol. The van der Waals surface area contributed by atoms with E-state index >= 15 is 0 Å². The first-order chi connectivity index (χ1) is 23.8. The average Bonchev–Trinajstić information content (AvgIpc) is 3.74. The molecule has 0 aliphatic rings. The SMILES string of the molecule is c1ccc(-c2nc(-c3ccccc3)nc(-c3cccc4oc5cccc(-c6nc7ccccc7c7nc8ccccc8n67)c5c34)n2)cc1. The zero-order chi connectivity index (χ0) is 31.6. The molecule has 0 amide bonds. The van der Waals surface area contributed by atoms with Gasteiger partial charge in [0.2, 0.25) is 0 Å². The molecule has 10 rings (SSSR count). The third kappa shape index (κ3) is 4.04. The molecule has 0 saturated heterocycles. The van der Waals surface area contributed by atoms with Gasteiger partial charge in [-0.25, -0.2) is 24.9 Å². The molecule has 0 bridgehead atoms. The number of nitrogens with zero attached hydrogens (tertiary/aromatic N) is 6. The van der Waals surface area contributed by atoms with E-state index in [4.69, 9.17) is 29.3 Å². The molecule has 6 aromatic carbocycles. The van der Waals surface area contributed by atoms with Crippen molar-refractivity contribution >= 4 is 49.5 Å². The summed E-state index contributed by atoms with van der Waals surface area (Å²) in [6.45, 7) is 0. The van der Waals surface area contributed by atoms with E-state index in [1.165, 1.54) is 0 Å². The van der Waals surface area contributed by atoms with Crippen molar-refractivity contribution < 1.29 is 4.42 Å². The summed E-state index contributed by atoms with van der Waals surface area (Å²) >= 11 is 0. The van der Waals surface area contributed by atoms with Gasteiger partial charge in [-0.1, -0.05) is 109 Å². The van der Waals surface area contributed by atoms with Crippen LogP contribution in [0.4, 0.5) is 0 Å². The fourth-order valence-electron chi connectivity index (χ4n) is 6.69. The minimum atomic E-state index is 0.565. The smallest absolute Gasteiger partial charge is 0.164 e. The third-order valence-corrected chi connectivity index (χ3v) is 8.85. The van der Waals surface area contributed by atoms with E-state index in [2.05, 4.69) is 28.7 Å². The maximum Gasteiger partial charge on any atom is 0.164 e. The van der Waals surface area contributed by atoms with E-state index in [0.717, 1.165) is 77.6 Å². The van der Waals surface area contributed by atoms with Crippen LogP contribution in [0.25, 0.3) is 95.1 Å². The van der Waals surface area contributed by atoms with Gasteiger partial charge in [-0.2, -0.15) is 0 Å². The van der Waals surface area contributed by atoms with Gasteiger partial charge in [0.15, 0.2) is 17.5 Å². The van der Waals surface area contributed by atoms with Gasteiger partial charge in [0.25, 0.3) is 0 Å². The molecule has 4 aromatic heterocycles. The van der Waals surface area contributed by atoms with Crippen LogP contribution in [-0.4, -0.2) is 29.3 Å². The Balaban J connectivity index is 1.30. The third-order valence-electron chi connectivity index (χ3n) is 8.85. The Labute approximate surface area is 273 Å². The molecule has 0 radical (unpaired) electrons. The Hall–Kier alpha value is -6.73. The van der Waals surface area contributed by atoms with Crippen LogP contribution in [0, 0.1) is 0 Å². The fourth-order valence-corrected chi connectivity index (χ4v) is 6.69. The Bertz CT molecular complexity index is 2780. The zero-order valence-electron chi connectivity index (χ0n) is 25.4. The van der Waals surface area contributed by atoms with Crippen molar-refractivity contribution in [3.8, 4) is 45.6 Å². The molecule has 0 saturated carbocycles. The predicted octanol–water partition coefficient (Wildman–Crippen LogP) is 9.79. The van der Waals surface area contributed by atoms with Crippen LogP contribution in [0.3, 0.4) is 0 Å². The summed E-state index contributed by atoms with van der Waals surface area (Å²) in [5, 5.41) is 2.85. The van der Waals surface area contributed by atoms with E-state index in [-0.39, 0.29) is 0 Å². The Kier molecular flexibility index (Phi) is 5.74. The minimum Gasteiger partial charge on any atom is -0.456 e. The van der Waals surface area contributed by atoms with Crippen LogP contribution in [0.1, 0.15) is 0 Å². The van der Waals surface area contributed by atoms with Crippen molar-refractivity contribution in [3.05, 3.63) is 146 Å². The second kappa shape index (κ2) is 10.4. The number of para-hydroxylation sites is 3. The van der Waals surface area contributed by atoms with E-state index in [0.29, 0.717) is 17.5 Å². The van der Waals surface area contributed by atoms with Crippen molar-refractivity contribution in [2.24, 2.45) is 0 Å². The molecule has 48 heavy (non-hydrogen) atoms. The monoisotopic (exact) mass is 616 g/mol. The summed E-state index contributed by atoms with van der Waals surface area (Å²) in [5.74, 6) is 2.56. The van der Waals surface area contributed by atoms with Crippen LogP contribution in [0.2, 0.25) is 0 Å². The number of hydrogen-bond acceptors (Lipinski definition) is 6. The number of rotatable bonds is 4. The molecular formula is C41H24N6O. The largest absolute Gasteiger partial charge is 0.456 e. The fraction of sp³-hybridized carbons (Fsp3) is 0. The first kappa shape index (κ1) is 26.5. The standard InChI is InChI=1S/C41H24N6O/c1-3-13-25(14-4-1)37-44-38(26-15-5-2-6-16-26)46-39(45-37)28-18-11-23-33-35(28)36-29(19-12-24-34(36)48-33)41-42-30-20-8-7-17-27(30)40-43-31-21-9-10-22-32(31)47(40)41/h1-24H. The van der Waals surface area contributed by atoms with Gasteiger partial charge >= 0.3 is 0 Å². The highest BCUT2D eigenvalue weighted by Gasteiger charge is 2.23. The van der Waals surface area contributed by atoms with Gasteiger partial charge < -0.3 is 4.42 Å². The van der Waals surface area contributed by atoms with Crippen molar-refractivity contribution in [3.63, 3.8) is 0 Å². The van der Waals surface area contributed by atoms with Crippen LogP contribution >= 0.6 is 0 Å². The van der Waals surface area contributed by atoms with Gasteiger partial charge in [0.05, 0.1) is 16.6 Å². The second-order valence-corrected chi connectivity index (χ2v) is 11.7. The average molecular weight is 617 g/mol. The lowest BCUT2D eigenvalue weighted by Gasteiger charge is -2.11. The van der Waals surface area contributed by atoms with E-state index in [1.54, 1.807) is 0 Å². The molecule has 0 aliphatic carbocycles. The molecule has 0 spiro atoms. The highest BCUT2D eigenvalue weighted by molar-refractivity contribution is 6.17. The minimum absolute atomic E-state index is 0.565. The van der Waals surface area contributed by atoms with Crippen molar-refractivity contribution in [1.29, 1.82) is 0 Å². The number of furan rings is 1. The van der Waals surface area contributed by atoms with Gasteiger partial charge in [0, 0.05) is 38.4 Å². The van der Waals surface area contributed by atoms with Gasteiger partial charge in [0.1, 0.15) is 22.6 Å². The Morgan fingerprint density at radius 1 is 0.417 bits per heavy atom. The second-order valence-electron chi connectivity index (χ2n) is 11.7. The van der Waals surface area contributed by atoms with Crippen molar-refractivity contribution in [1.82, 2.24) is 29.3 Å². The van der Waals surface area contributed by atoms with E-state index in [1.807, 2.05) is 121 Å². The van der Waals surface area contributed by atoms with Crippen molar-refractivity contribution in [2.45, 2.75) is 0 Å². The highest BCUT2D eigenvalue weighted by atomic mass is 16.3. The molecule has 10 aromatic rings. The number of fused-ring (bicyclic) bond motifs is 8. The van der Waals surface area contributed by atoms with Crippen LogP contribution in [-0.2, 0) is 0 Å². The summed E-state index contributed by atoms with van der Waals surface area (Å²) in [7, 11) is 0. The van der Waals surface area contributed by atoms with Gasteiger partial charge in [-0.3, -0.25) is 4.40 Å². The zero-order valence-corrected chi connectivity index (χ0v) is 25.4. The molecule has 0 atom stereocenters. The first-order valence-corrected chi connectivity index (χ1v) is 15.8.